The summed E-state index contributed by atoms with van der Waals surface area (Å²) < 4.78 is 2.18. The summed E-state index contributed by atoms with van der Waals surface area (Å²) >= 11 is 1.98. The van der Waals surface area contributed by atoms with Gasteiger partial charge in [0.25, 0.3) is 0 Å². The number of rotatable bonds is 8. The normalized spacial score (nSPS) is 15.3. The Bertz CT molecular complexity index is 383. The molecule has 4 heteroatoms. The second-order valence-electron chi connectivity index (χ2n) is 5.05. The van der Waals surface area contributed by atoms with Crippen LogP contribution in [0.4, 0.5) is 0 Å². The fourth-order valence-electron chi connectivity index (χ4n) is 2.30. The van der Waals surface area contributed by atoms with Crippen molar-refractivity contribution in [1.29, 1.82) is 0 Å². The van der Waals surface area contributed by atoms with Crippen molar-refractivity contribution in [1.82, 2.24) is 15.1 Å². The van der Waals surface area contributed by atoms with E-state index in [0.29, 0.717) is 0 Å². The van der Waals surface area contributed by atoms with E-state index in [4.69, 9.17) is 0 Å². The summed E-state index contributed by atoms with van der Waals surface area (Å²) in [5, 5.41) is 8.25. The summed E-state index contributed by atoms with van der Waals surface area (Å²) in [7, 11) is 0. The van der Waals surface area contributed by atoms with E-state index < -0.39 is 0 Å². The highest BCUT2D eigenvalue weighted by molar-refractivity contribution is 7.99. The average Bonchev–Trinajstić information content (AvgIpc) is 3.12. The molecule has 1 aliphatic carbocycles. The summed E-state index contributed by atoms with van der Waals surface area (Å²) in [6, 6.07) is 0.807. The molecule has 1 aliphatic rings. The highest BCUT2D eigenvalue weighted by Crippen LogP contribution is 2.19. The van der Waals surface area contributed by atoms with E-state index in [1.54, 1.807) is 0 Å². The molecule has 0 spiro atoms. The van der Waals surface area contributed by atoms with E-state index in [-0.39, 0.29) is 0 Å². The van der Waals surface area contributed by atoms with Crippen LogP contribution in [0.1, 0.15) is 36.7 Å². The molecule has 1 fully saturated rings. The minimum Gasteiger partial charge on any atom is -0.314 e. The summed E-state index contributed by atoms with van der Waals surface area (Å²) in [5.41, 5.74) is 4.03. The molecular weight excluding hydrogens is 242 g/mol. The molecule has 1 aromatic rings. The van der Waals surface area contributed by atoms with Crippen molar-refractivity contribution in [2.24, 2.45) is 0 Å². The van der Waals surface area contributed by atoms with Crippen molar-refractivity contribution in [3.8, 4) is 0 Å². The van der Waals surface area contributed by atoms with E-state index in [2.05, 4.69) is 35.9 Å². The van der Waals surface area contributed by atoms with Crippen LogP contribution < -0.4 is 5.32 Å². The first kappa shape index (κ1) is 13.9. The second-order valence-corrected chi connectivity index (χ2v) is 6.44. The zero-order valence-corrected chi connectivity index (χ0v) is 12.6. The molecule has 0 unspecified atom stereocenters. The summed E-state index contributed by atoms with van der Waals surface area (Å²) in [6.45, 7) is 8.70. The number of aryl methyl sites for hydroxylation is 2. The Morgan fingerprint density at radius 1 is 1.39 bits per heavy atom. The molecule has 0 aliphatic heterocycles. The van der Waals surface area contributed by atoms with E-state index >= 15 is 0 Å². The molecule has 0 aromatic carbocycles. The maximum absolute atomic E-state index is 4.67. The lowest BCUT2D eigenvalue weighted by atomic mass is 10.1. The Morgan fingerprint density at radius 2 is 2.17 bits per heavy atom. The third-order valence-corrected chi connectivity index (χ3v) is 4.45. The van der Waals surface area contributed by atoms with Crippen LogP contribution in [0.2, 0.25) is 0 Å². The molecule has 18 heavy (non-hydrogen) atoms. The van der Waals surface area contributed by atoms with Crippen LogP contribution in [0.3, 0.4) is 0 Å². The highest BCUT2D eigenvalue weighted by Gasteiger charge is 2.20. The molecule has 1 heterocycles. The first-order valence-electron chi connectivity index (χ1n) is 7.06. The number of hydrogen-bond donors (Lipinski definition) is 1. The van der Waals surface area contributed by atoms with E-state index in [0.717, 1.165) is 31.3 Å². The van der Waals surface area contributed by atoms with Gasteiger partial charge >= 0.3 is 0 Å². The predicted molar refractivity (Wildman–Crippen MR) is 79.4 cm³/mol. The number of nitrogens with one attached hydrogen (secondary N) is 1. The minimum absolute atomic E-state index is 0.807. The SMILES string of the molecule is CCSCCn1nc(C)c(CCNC2CC2)c1C. The van der Waals surface area contributed by atoms with Gasteiger partial charge in [0, 0.05) is 17.5 Å². The van der Waals surface area contributed by atoms with E-state index in [9.17, 15) is 0 Å². The maximum Gasteiger partial charge on any atom is 0.0628 e. The monoisotopic (exact) mass is 267 g/mol. The largest absolute Gasteiger partial charge is 0.314 e. The van der Waals surface area contributed by atoms with Gasteiger partial charge in [-0.15, -0.1) is 0 Å². The van der Waals surface area contributed by atoms with Gasteiger partial charge in [0.2, 0.25) is 0 Å². The Kier molecular flexibility index (Phi) is 5.13. The van der Waals surface area contributed by atoms with Crippen molar-refractivity contribution in [2.45, 2.75) is 52.6 Å². The van der Waals surface area contributed by atoms with Crippen LogP contribution in [0.5, 0.6) is 0 Å². The lowest BCUT2D eigenvalue weighted by Gasteiger charge is -2.06. The van der Waals surface area contributed by atoms with Gasteiger partial charge in [0.15, 0.2) is 0 Å². The van der Waals surface area contributed by atoms with Crippen molar-refractivity contribution in [2.75, 3.05) is 18.1 Å². The Labute approximate surface area is 115 Å². The number of hydrogen-bond acceptors (Lipinski definition) is 3. The second kappa shape index (κ2) is 6.62. The Morgan fingerprint density at radius 3 is 2.83 bits per heavy atom. The first-order valence-corrected chi connectivity index (χ1v) is 8.21. The molecule has 0 saturated heterocycles. The zero-order valence-electron chi connectivity index (χ0n) is 11.8. The predicted octanol–water partition coefficient (Wildman–Crippen LogP) is 2.55. The van der Waals surface area contributed by atoms with Crippen molar-refractivity contribution in [3.63, 3.8) is 0 Å². The van der Waals surface area contributed by atoms with Crippen LogP contribution in [0.15, 0.2) is 0 Å². The Balaban J connectivity index is 1.87. The standard InChI is InChI=1S/C14H25N3S/c1-4-18-10-9-17-12(3)14(11(2)16-17)7-8-15-13-5-6-13/h13,15H,4-10H2,1-3H3. The van der Waals surface area contributed by atoms with Crippen molar-refractivity contribution >= 4 is 11.8 Å². The summed E-state index contributed by atoms with van der Waals surface area (Å²) in [5.74, 6) is 2.36. The third-order valence-electron chi connectivity index (χ3n) is 3.57. The van der Waals surface area contributed by atoms with Crippen molar-refractivity contribution in [3.05, 3.63) is 17.0 Å². The number of aromatic nitrogens is 2. The van der Waals surface area contributed by atoms with Crippen LogP contribution in [0.25, 0.3) is 0 Å². The summed E-state index contributed by atoms with van der Waals surface area (Å²) in [6.07, 6.45) is 3.85. The van der Waals surface area contributed by atoms with Gasteiger partial charge in [0.05, 0.1) is 12.2 Å². The lowest BCUT2D eigenvalue weighted by molar-refractivity contribution is 0.637. The number of nitrogens with zero attached hydrogens (tertiary/aromatic N) is 2. The molecule has 1 N–H and O–H groups in total. The maximum atomic E-state index is 4.67. The quantitative estimate of drug-likeness (QED) is 0.734. The fraction of sp³-hybridized carbons (Fsp3) is 0.786. The molecular formula is C14H25N3S. The number of thioether (sulfide) groups is 1. The van der Waals surface area contributed by atoms with Crippen LogP contribution in [-0.2, 0) is 13.0 Å². The van der Waals surface area contributed by atoms with Gasteiger partial charge < -0.3 is 5.32 Å². The molecule has 0 radical (unpaired) electrons. The van der Waals surface area contributed by atoms with Crippen LogP contribution in [-0.4, -0.2) is 33.9 Å². The van der Waals surface area contributed by atoms with Gasteiger partial charge in [-0.2, -0.15) is 16.9 Å². The summed E-state index contributed by atoms with van der Waals surface area (Å²) in [4.78, 5) is 0. The fourth-order valence-corrected chi connectivity index (χ4v) is 2.89. The van der Waals surface area contributed by atoms with E-state index in [1.807, 2.05) is 11.8 Å². The molecule has 1 aromatic heterocycles. The Hall–Kier alpha value is -0.480. The molecule has 2 rings (SSSR count). The van der Waals surface area contributed by atoms with Crippen molar-refractivity contribution < 1.29 is 0 Å². The van der Waals surface area contributed by atoms with Gasteiger partial charge in [-0.1, -0.05) is 6.92 Å². The zero-order chi connectivity index (χ0) is 13.0. The van der Waals surface area contributed by atoms with Crippen LogP contribution >= 0.6 is 11.8 Å². The van der Waals surface area contributed by atoms with Gasteiger partial charge in [-0.25, -0.2) is 0 Å². The van der Waals surface area contributed by atoms with Crippen LogP contribution in [0, 0.1) is 13.8 Å². The first-order chi connectivity index (χ1) is 8.72. The lowest BCUT2D eigenvalue weighted by Crippen LogP contribution is -2.19. The van der Waals surface area contributed by atoms with Gasteiger partial charge in [-0.05, 0) is 51.0 Å². The highest BCUT2D eigenvalue weighted by atomic mass is 32.2. The van der Waals surface area contributed by atoms with Gasteiger partial charge in [0.1, 0.15) is 0 Å². The molecule has 0 amide bonds. The average molecular weight is 267 g/mol. The molecule has 0 bridgehead atoms. The third kappa shape index (κ3) is 3.75. The smallest absolute Gasteiger partial charge is 0.0628 e. The molecule has 1 saturated carbocycles. The van der Waals surface area contributed by atoms with Gasteiger partial charge in [-0.3, -0.25) is 4.68 Å². The molecule has 3 nitrogen and oxygen atoms in total. The van der Waals surface area contributed by atoms with E-state index in [1.165, 1.54) is 35.5 Å². The minimum atomic E-state index is 0.807. The molecule has 0 atom stereocenters. The topological polar surface area (TPSA) is 29.9 Å². The molecule has 102 valence electrons.